The normalized spacial score (nSPS) is 10.9. The lowest BCUT2D eigenvalue weighted by Crippen LogP contribution is -2.29. The van der Waals surface area contributed by atoms with Gasteiger partial charge in [0.1, 0.15) is 0 Å². The molecule has 0 spiro atoms. The van der Waals surface area contributed by atoms with Gasteiger partial charge in [-0.2, -0.15) is 0 Å². The maximum absolute atomic E-state index is 12.8. The van der Waals surface area contributed by atoms with E-state index in [4.69, 9.17) is 23.7 Å². The summed E-state index contributed by atoms with van der Waals surface area (Å²) in [4.78, 5) is 12.8. The standard InChI is InChI=1S/C24H46O6/c1-6-11-12-13-14-15-16-17-18-19-20-30-22(25)21(23(26-7-2)27-8-3)24(28-9-4)29-10-5/h23H,6-20H2,1-5H3. The lowest BCUT2D eigenvalue weighted by Gasteiger charge is -2.22. The third-order valence-electron chi connectivity index (χ3n) is 4.59. The summed E-state index contributed by atoms with van der Waals surface area (Å²) >= 11 is 0. The first kappa shape index (κ1) is 28.7. The maximum atomic E-state index is 12.8. The first-order valence-corrected chi connectivity index (χ1v) is 12.1. The maximum Gasteiger partial charge on any atom is 0.346 e. The highest BCUT2D eigenvalue weighted by atomic mass is 16.7. The Morgan fingerprint density at radius 1 is 0.600 bits per heavy atom. The van der Waals surface area contributed by atoms with Crippen LogP contribution in [-0.2, 0) is 28.5 Å². The van der Waals surface area contributed by atoms with E-state index in [0.717, 1.165) is 12.8 Å². The second kappa shape index (κ2) is 21.0. The van der Waals surface area contributed by atoms with Gasteiger partial charge in [-0.05, 0) is 34.1 Å². The van der Waals surface area contributed by atoms with E-state index in [1.807, 2.05) is 27.7 Å². The lowest BCUT2D eigenvalue weighted by molar-refractivity contribution is -0.154. The van der Waals surface area contributed by atoms with Crippen molar-refractivity contribution in [3.63, 3.8) is 0 Å². The van der Waals surface area contributed by atoms with Crippen LogP contribution in [0.1, 0.15) is 98.8 Å². The van der Waals surface area contributed by atoms with Crippen molar-refractivity contribution in [1.29, 1.82) is 0 Å². The van der Waals surface area contributed by atoms with Gasteiger partial charge in [-0.1, -0.05) is 64.7 Å². The summed E-state index contributed by atoms with van der Waals surface area (Å²) < 4.78 is 27.8. The van der Waals surface area contributed by atoms with Crippen LogP contribution in [0.5, 0.6) is 0 Å². The molecule has 0 radical (unpaired) electrons. The molecule has 0 unspecified atom stereocenters. The first-order valence-electron chi connectivity index (χ1n) is 12.1. The summed E-state index contributed by atoms with van der Waals surface area (Å²) in [6, 6.07) is 0. The summed E-state index contributed by atoms with van der Waals surface area (Å²) in [7, 11) is 0. The predicted octanol–water partition coefficient (Wildman–Crippen LogP) is 6.13. The second-order valence-electron chi connectivity index (χ2n) is 7.13. The zero-order valence-corrected chi connectivity index (χ0v) is 20.1. The van der Waals surface area contributed by atoms with Crippen LogP contribution in [0.25, 0.3) is 0 Å². The van der Waals surface area contributed by atoms with E-state index in [9.17, 15) is 4.79 Å². The van der Waals surface area contributed by atoms with Crippen LogP contribution >= 0.6 is 0 Å². The van der Waals surface area contributed by atoms with Crippen molar-refractivity contribution in [3.05, 3.63) is 11.5 Å². The molecular weight excluding hydrogens is 384 g/mol. The molecule has 6 heteroatoms. The van der Waals surface area contributed by atoms with E-state index in [1.165, 1.54) is 51.4 Å². The number of hydrogen-bond acceptors (Lipinski definition) is 6. The number of esters is 1. The number of carbonyl (C=O) groups is 1. The zero-order chi connectivity index (χ0) is 22.5. The molecule has 0 heterocycles. The van der Waals surface area contributed by atoms with Crippen LogP contribution in [0.3, 0.4) is 0 Å². The third-order valence-corrected chi connectivity index (χ3v) is 4.59. The SMILES string of the molecule is CCCCCCCCCCCCOC(=O)C(=C(OCC)OCC)C(OCC)OCC. The Hall–Kier alpha value is -1.27. The van der Waals surface area contributed by atoms with Crippen molar-refractivity contribution in [3.8, 4) is 0 Å². The van der Waals surface area contributed by atoms with E-state index >= 15 is 0 Å². The van der Waals surface area contributed by atoms with Crippen LogP contribution in [0.15, 0.2) is 11.5 Å². The Morgan fingerprint density at radius 2 is 1.07 bits per heavy atom. The molecule has 0 fully saturated rings. The van der Waals surface area contributed by atoms with Crippen molar-refractivity contribution in [2.24, 2.45) is 0 Å². The van der Waals surface area contributed by atoms with Gasteiger partial charge in [-0.25, -0.2) is 4.79 Å². The quantitative estimate of drug-likeness (QED) is 0.0717. The molecule has 0 amide bonds. The number of ether oxygens (including phenoxy) is 5. The predicted molar refractivity (Wildman–Crippen MR) is 120 cm³/mol. The number of hydrogen-bond donors (Lipinski definition) is 0. The van der Waals surface area contributed by atoms with Crippen LogP contribution in [0.4, 0.5) is 0 Å². The Bertz CT molecular complexity index is 421. The van der Waals surface area contributed by atoms with E-state index < -0.39 is 12.3 Å². The van der Waals surface area contributed by atoms with Crippen molar-refractivity contribution in [2.45, 2.75) is 105 Å². The highest BCUT2D eigenvalue weighted by Crippen LogP contribution is 2.19. The molecular formula is C24H46O6. The van der Waals surface area contributed by atoms with Gasteiger partial charge in [0.2, 0.25) is 0 Å². The number of carbonyl (C=O) groups excluding carboxylic acids is 1. The van der Waals surface area contributed by atoms with Gasteiger partial charge in [0.15, 0.2) is 11.9 Å². The van der Waals surface area contributed by atoms with E-state index in [1.54, 1.807) is 0 Å². The average Bonchev–Trinajstić information content (AvgIpc) is 2.73. The average molecular weight is 431 g/mol. The highest BCUT2D eigenvalue weighted by Gasteiger charge is 2.30. The topological polar surface area (TPSA) is 63.2 Å². The van der Waals surface area contributed by atoms with Gasteiger partial charge in [0.25, 0.3) is 5.95 Å². The van der Waals surface area contributed by atoms with Crippen LogP contribution in [-0.4, -0.2) is 45.3 Å². The summed E-state index contributed by atoms with van der Waals surface area (Å²) in [5.41, 5.74) is 0.162. The molecule has 0 aliphatic carbocycles. The number of rotatable bonds is 21. The molecule has 0 saturated carbocycles. The molecule has 0 aromatic rings. The third kappa shape index (κ3) is 13.9. The Kier molecular flexibility index (Phi) is 20.1. The van der Waals surface area contributed by atoms with Crippen molar-refractivity contribution in [2.75, 3.05) is 33.0 Å². The molecule has 0 rings (SSSR count). The monoisotopic (exact) mass is 430 g/mol. The van der Waals surface area contributed by atoms with E-state index in [2.05, 4.69) is 6.92 Å². The van der Waals surface area contributed by atoms with Crippen LogP contribution in [0, 0.1) is 0 Å². The summed E-state index contributed by atoms with van der Waals surface area (Å²) in [6.45, 7) is 11.5. The minimum absolute atomic E-state index is 0.125. The minimum Gasteiger partial charge on any atom is -0.465 e. The fraction of sp³-hybridized carbons (Fsp3) is 0.875. The van der Waals surface area contributed by atoms with Crippen LogP contribution in [0.2, 0.25) is 0 Å². The van der Waals surface area contributed by atoms with Crippen molar-refractivity contribution >= 4 is 5.97 Å². The first-order chi connectivity index (χ1) is 14.7. The Labute approximate surface area is 184 Å². The zero-order valence-electron chi connectivity index (χ0n) is 20.1. The van der Waals surface area contributed by atoms with Crippen molar-refractivity contribution in [1.82, 2.24) is 0 Å². The molecule has 0 aromatic heterocycles. The molecule has 0 aromatic carbocycles. The fourth-order valence-electron chi connectivity index (χ4n) is 3.08. The highest BCUT2D eigenvalue weighted by molar-refractivity contribution is 5.89. The minimum atomic E-state index is -0.867. The summed E-state index contributed by atoms with van der Waals surface area (Å²) in [6.07, 6.45) is 11.5. The second-order valence-corrected chi connectivity index (χ2v) is 7.13. The summed E-state index contributed by atoms with van der Waals surface area (Å²) in [5, 5.41) is 0. The lowest BCUT2D eigenvalue weighted by atomic mass is 10.1. The fourth-order valence-corrected chi connectivity index (χ4v) is 3.08. The molecule has 0 saturated heterocycles. The number of unbranched alkanes of at least 4 members (excludes halogenated alkanes) is 9. The van der Waals surface area contributed by atoms with Gasteiger partial charge in [-0.3, -0.25) is 0 Å². The Morgan fingerprint density at radius 3 is 1.50 bits per heavy atom. The molecule has 178 valence electrons. The van der Waals surface area contributed by atoms with Gasteiger partial charge in [0, 0.05) is 13.2 Å². The largest absolute Gasteiger partial charge is 0.465 e. The molecule has 0 bridgehead atoms. The Balaban J connectivity index is 4.52. The van der Waals surface area contributed by atoms with Gasteiger partial charge < -0.3 is 23.7 Å². The molecule has 0 atom stereocenters. The van der Waals surface area contributed by atoms with Gasteiger partial charge in [0.05, 0.1) is 19.8 Å². The van der Waals surface area contributed by atoms with Crippen molar-refractivity contribution < 1.29 is 28.5 Å². The van der Waals surface area contributed by atoms with E-state index in [-0.39, 0.29) is 11.5 Å². The molecule has 0 aliphatic heterocycles. The molecule has 0 aliphatic rings. The van der Waals surface area contributed by atoms with Gasteiger partial charge in [-0.15, -0.1) is 0 Å². The van der Waals surface area contributed by atoms with E-state index in [0.29, 0.717) is 33.0 Å². The molecule has 0 N–H and O–H groups in total. The molecule has 6 nitrogen and oxygen atoms in total. The van der Waals surface area contributed by atoms with Gasteiger partial charge >= 0.3 is 5.97 Å². The summed E-state index contributed by atoms with van der Waals surface area (Å²) in [5.74, 6) is -0.380. The smallest absolute Gasteiger partial charge is 0.346 e. The van der Waals surface area contributed by atoms with Crippen LogP contribution < -0.4 is 0 Å². The molecule has 30 heavy (non-hydrogen) atoms.